The number of hydrogen-bond acceptors (Lipinski definition) is 5. The van der Waals surface area contributed by atoms with Crippen LogP contribution in [0.25, 0.3) is 0 Å². The van der Waals surface area contributed by atoms with Crippen molar-refractivity contribution in [3.8, 4) is 0 Å². The van der Waals surface area contributed by atoms with E-state index in [0.29, 0.717) is 5.96 Å². The Balaban J connectivity index is 2.50. The molecule has 2 rings (SSSR count). The van der Waals surface area contributed by atoms with Crippen molar-refractivity contribution in [1.82, 2.24) is 0 Å². The summed E-state index contributed by atoms with van der Waals surface area (Å²) in [5.41, 5.74) is 14.5. The van der Waals surface area contributed by atoms with Gasteiger partial charge in [0.1, 0.15) is 5.66 Å². The molecule has 18 heavy (non-hydrogen) atoms. The molecule has 96 valence electrons. The maximum absolute atomic E-state index is 5.98. The molecule has 0 fully saturated rings. The highest BCUT2D eigenvalue weighted by molar-refractivity contribution is 6.05. The van der Waals surface area contributed by atoms with Crippen molar-refractivity contribution in [3.63, 3.8) is 0 Å². The van der Waals surface area contributed by atoms with Gasteiger partial charge in [-0.1, -0.05) is 6.07 Å². The average Bonchev–Trinajstić information content (AvgIpc) is 2.20. The van der Waals surface area contributed by atoms with Gasteiger partial charge in [0.15, 0.2) is 0 Å². The predicted octanol–water partition coefficient (Wildman–Crippen LogP) is 1.49. The monoisotopic (exact) mass is 245 g/mol. The van der Waals surface area contributed by atoms with Crippen LogP contribution >= 0.6 is 0 Å². The zero-order valence-electron chi connectivity index (χ0n) is 11.2. The Kier molecular flexibility index (Phi) is 2.77. The van der Waals surface area contributed by atoms with Gasteiger partial charge in [0.2, 0.25) is 11.9 Å². The number of rotatable bonds is 1. The third kappa shape index (κ3) is 2.03. The Labute approximate surface area is 107 Å². The second kappa shape index (κ2) is 4.01. The van der Waals surface area contributed by atoms with Crippen LogP contribution in [0.15, 0.2) is 28.2 Å². The van der Waals surface area contributed by atoms with Crippen LogP contribution in [0.5, 0.6) is 0 Å². The van der Waals surface area contributed by atoms with Crippen molar-refractivity contribution in [3.05, 3.63) is 29.3 Å². The first-order valence-corrected chi connectivity index (χ1v) is 5.88. The van der Waals surface area contributed by atoms with E-state index < -0.39 is 5.66 Å². The van der Waals surface area contributed by atoms with E-state index in [9.17, 15) is 0 Å². The molecular formula is C13H19N5. The molecule has 0 bridgehead atoms. The van der Waals surface area contributed by atoms with Gasteiger partial charge in [0, 0.05) is 5.69 Å². The molecule has 4 N–H and O–H groups in total. The third-order valence-electron chi connectivity index (χ3n) is 3.14. The topological polar surface area (TPSA) is 80.0 Å². The molecule has 0 aromatic heterocycles. The second-order valence-corrected chi connectivity index (χ2v) is 5.04. The maximum atomic E-state index is 5.98. The van der Waals surface area contributed by atoms with E-state index in [4.69, 9.17) is 11.5 Å². The van der Waals surface area contributed by atoms with Crippen LogP contribution in [-0.4, -0.2) is 17.6 Å². The zero-order valence-corrected chi connectivity index (χ0v) is 11.2. The summed E-state index contributed by atoms with van der Waals surface area (Å²) in [6.07, 6.45) is 0. The minimum atomic E-state index is -0.530. The summed E-state index contributed by atoms with van der Waals surface area (Å²) in [7, 11) is 0. The van der Waals surface area contributed by atoms with Crippen molar-refractivity contribution in [2.24, 2.45) is 21.5 Å². The van der Waals surface area contributed by atoms with Crippen LogP contribution in [0.4, 0.5) is 5.69 Å². The first-order valence-electron chi connectivity index (χ1n) is 5.88. The Morgan fingerprint density at radius 2 is 1.78 bits per heavy atom. The van der Waals surface area contributed by atoms with Crippen LogP contribution in [0.3, 0.4) is 0 Å². The van der Waals surface area contributed by atoms with Gasteiger partial charge >= 0.3 is 0 Å². The number of hydrogen-bond donors (Lipinski definition) is 2. The molecule has 0 spiro atoms. The molecule has 1 aromatic rings. The molecule has 1 aliphatic heterocycles. The van der Waals surface area contributed by atoms with Crippen molar-refractivity contribution < 1.29 is 0 Å². The fourth-order valence-electron chi connectivity index (χ4n) is 2.12. The molecule has 1 heterocycles. The molecule has 0 saturated carbocycles. The van der Waals surface area contributed by atoms with Crippen molar-refractivity contribution in [2.45, 2.75) is 33.4 Å². The molecule has 5 nitrogen and oxygen atoms in total. The van der Waals surface area contributed by atoms with Gasteiger partial charge < -0.3 is 11.5 Å². The summed E-state index contributed by atoms with van der Waals surface area (Å²) in [4.78, 5) is 10.2. The standard InChI is InChI=1S/C13H19N5/c1-8-5-6-10(7-9(8)2)18-12(15)16-11(14)17-13(18,3)4/h5-7H,1-4H3,(H4,14,15,16,17). The number of aryl methyl sites for hydroxylation is 2. The van der Waals surface area contributed by atoms with Crippen LogP contribution < -0.4 is 16.4 Å². The number of anilines is 1. The predicted molar refractivity (Wildman–Crippen MR) is 75.7 cm³/mol. The normalized spacial score (nSPS) is 18.3. The Morgan fingerprint density at radius 3 is 2.33 bits per heavy atom. The fourth-order valence-corrected chi connectivity index (χ4v) is 2.12. The molecule has 1 aliphatic rings. The SMILES string of the molecule is Cc1ccc(N2C(N)=NC(N)=NC2(C)C)cc1C. The molecule has 0 atom stereocenters. The van der Waals surface area contributed by atoms with Crippen molar-refractivity contribution >= 4 is 17.6 Å². The summed E-state index contributed by atoms with van der Waals surface area (Å²) in [6.45, 7) is 8.06. The number of nitrogens with two attached hydrogens (primary N) is 2. The summed E-state index contributed by atoms with van der Waals surface area (Å²) < 4.78 is 0. The first kappa shape index (κ1) is 12.4. The fraction of sp³-hybridized carbons (Fsp3) is 0.385. The molecule has 1 aromatic carbocycles. The summed E-state index contributed by atoms with van der Waals surface area (Å²) in [5, 5.41) is 0. The molecule has 0 saturated heterocycles. The summed E-state index contributed by atoms with van der Waals surface area (Å²) in [6, 6.07) is 6.16. The molecule has 0 aliphatic carbocycles. The lowest BCUT2D eigenvalue weighted by Gasteiger charge is -2.38. The van der Waals surface area contributed by atoms with Crippen molar-refractivity contribution in [2.75, 3.05) is 4.90 Å². The van der Waals surface area contributed by atoms with E-state index >= 15 is 0 Å². The minimum absolute atomic E-state index is 0.220. The van der Waals surface area contributed by atoms with E-state index in [0.717, 1.165) is 5.69 Å². The smallest absolute Gasteiger partial charge is 0.220 e. The van der Waals surface area contributed by atoms with E-state index in [1.807, 2.05) is 24.8 Å². The lowest BCUT2D eigenvalue weighted by atomic mass is 10.1. The first-order chi connectivity index (χ1) is 8.31. The minimum Gasteiger partial charge on any atom is -0.369 e. The van der Waals surface area contributed by atoms with Crippen molar-refractivity contribution in [1.29, 1.82) is 0 Å². The number of guanidine groups is 2. The van der Waals surface area contributed by atoms with Gasteiger partial charge in [-0.05, 0) is 51.0 Å². The molecule has 0 radical (unpaired) electrons. The quantitative estimate of drug-likeness (QED) is 0.786. The number of benzene rings is 1. The van der Waals surface area contributed by atoms with Gasteiger partial charge in [0.05, 0.1) is 0 Å². The Morgan fingerprint density at radius 1 is 1.11 bits per heavy atom. The summed E-state index contributed by atoms with van der Waals surface area (Å²) >= 11 is 0. The highest BCUT2D eigenvalue weighted by Crippen LogP contribution is 2.28. The lowest BCUT2D eigenvalue weighted by Crippen LogP contribution is -2.54. The van der Waals surface area contributed by atoms with E-state index in [1.54, 1.807) is 0 Å². The molecule has 5 heteroatoms. The highest BCUT2D eigenvalue weighted by Gasteiger charge is 2.32. The van der Waals surface area contributed by atoms with Crippen LogP contribution in [-0.2, 0) is 0 Å². The van der Waals surface area contributed by atoms with Crippen LogP contribution in [0.1, 0.15) is 25.0 Å². The maximum Gasteiger partial charge on any atom is 0.220 e. The molecule has 0 unspecified atom stereocenters. The van der Waals surface area contributed by atoms with Gasteiger partial charge in [-0.3, -0.25) is 4.90 Å². The largest absolute Gasteiger partial charge is 0.369 e. The molecule has 0 amide bonds. The molecular weight excluding hydrogens is 226 g/mol. The van der Waals surface area contributed by atoms with E-state index in [2.05, 4.69) is 36.0 Å². The van der Waals surface area contributed by atoms with E-state index in [1.165, 1.54) is 11.1 Å². The van der Waals surface area contributed by atoms with Gasteiger partial charge in [-0.15, -0.1) is 0 Å². The average molecular weight is 245 g/mol. The summed E-state index contributed by atoms with van der Waals surface area (Å²) in [5.74, 6) is 0.591. The zero-order chi connectivity index (χ0) is 13.5. The lowest BCUT2D eigenvalue weighted by molar-refractivity contribution is 0.534. The van der Waals surface area contributed by atoms with Crippen LogP contribution in [0, 0.1) is 13.8 Å². The number of nitrogens with zero attached hydrogens (tertiary/aromatic N) is 3. The van der Waals surface area contributed by atoms with Gasteiger partial charge in [-0.25, -0.2) is 4.99 Å². The third-order valence-corrected chi connectivity index (χ3v) is 3.14. The van der Waals surface area contributed by atoms with Gasteiger partial charge in [-0.2, -0.15) is 4.99 Å². The van der Waals surface area contributed by atoms with E-state index in [-0.39, 0.29) is 5.96 Å². The Bertz CT molecular complexity index is 542. The number of aliphatic imine (C=N–C) groups is 2. The van der Waals surface area contributed by atoms with Gasteiger partial charge in [0.25, 0.3) is 0 Å². The Hall–Kier alpha value is -2.04. The highest BCUT2D eigenvalue weighted by atomic mass is 15.4. The van der Waals surface area contributed by atoms with Crippen LogP contribution in [0.2, 0.25) is 0 Å². The second-order valence-electron chi connectivity index (χ2n) is 5.04.